The highest BCUT2D eigenvalue weighted by molar-refractivity contribution is 5.90. The monoisotopic (exact) mass is 327 g/mol. The molecule has 2 atom stereocenters. The Balaban J connectivity index is 1.42. The fourth-order valence-electron chi connectivity index (χ4n) is 3.77. The van der Waals surface area contributed by atoms with Crippen LogP contribution in [0.2, 0.25) is 0 Å². The van der Waals surface area contributed by atoms with Gasteiger partial charge in [-0.25, -0.2) is 4.98 Å². The number of para-hydroxylation sites is 1. The summed E-state index contributed by atoms with van der Waals surface area (Å²) < 4.78 is 11.0. The molecule has 3 aliphatic heterocycles. The Hall–Kier alpha value is -2.34. The lowest BCUT2D eigenvalue weighted by atomic mass is 9.79. The summed E-state index contributed by atoms with van der Waals surface area (Å²) in [5, 5.41) is 3.10. The Bertz CT molecular complexity index is 705. The van der Waals surface area contributed by atoms with Gasteiger partial charge in [0.15, 0.2) is 0 Å². The minimum Gasteiger partial charge on any atom is -0.425 e. The van der Waals surface area contributed by atoms with Gasteiger partial charge in [0, 0.05) is 12.1 Å². The molecular formula is C18H21N3O3. The molecular weight excluding hydrogens is 306 g/mol. The van der Waals surface area contributed by atoms with E-state index in [0.717, 1.165) is 25.9 Å². The summed E-state index contributed by atoms with van der Waals surface area (Å²) in [6, 6.07) is 9.79. The predicted molar refractivity (Wildman–Crippen MR) is 88.0 cm³/mol. The number of amides is 1. The number of hydrogen-bond acceptors (Lipinski definition) is 5. The molecule has 0 unspecified atom stereocenters. The van der Waals surface area contributed by atoms with Crippen LogP contribution < -0.4 is 10.1 Å². The van der Waals surface area contributed by atoms with E-state index in [1.54, 1.807) is 0 Å². The zero-order valence-corrected chi connectivity index (χ0v) is 13.6. The number of ether oxygens (including phenoxy) is 1. The van der Waals surface area contributed by atoms with E-state index in [1.165, 1.54) is 6.20 Å². The van der Waals surface area contributed by atoms with Gasteiger partial charge in [-0.05, 0) is 50.9 Å². The van der Waals surface area contributed by atoms with E-state index in [9.17, 15) is 4.79 Å². The van der Waals surface area contributed by atoms with Crippen molar-refractivity contribution in [2.45, 2.75) is 31.8 Å². The van der Waals surface area contributed by atoms with Gasteiger partial charge in [0.05, 0.1) is 0 Å². The normalized spacial score (nSPS) is 28.5. The first-order valence-electron chi connectivity index (χ1n) is 8.44. The predicted octanol–water partition coefficient (Wildman–Crippen LogP) is 2.68. The number of nitrogens with zero attached hydrogens (tertiary/aromatic N) is 2. The van der Waals surface area contributed by atoms with Crippen LogP contribution in [0.15, 0.2) is 40.9 Å². The first kappa shape index (κ1) is 15.2. The van der Waals surface area contributed by atoms with Gasteiger partial charge in [0.2, 0.25) is 0 Å². The molecule has 6 nitrogen and oxygen atoms in total. The second-order valence-electron chi connectivity index (χ2n) is 6.51. The van der Waals surface area contributed by atoms with Gasteiger partial charge in [0.1, 0.15) is 11.9 Å². The van der Waals surface area contributed by atoms with Crippen LogP contribution in [0.1, 0.15) is 30.5 Å². The summed E-state index contributed by atoms with van der Waals surface area (Å²) in [5.41, 5.74) is 0. The molecule has 126 valence electrons. The van der Waals surface area contributed by atoms with E-state index in [1.807, 2.05) is 30.3 Å². The molecule has 3 fully saturated rings. The molecule has 2 bridgehead atoms. The van der Waals surface area contributed by atoms with Gasteiger partial charge in [-0.15, -0.1) is 0 Å². The number of benzene rings is 1. The number of aromatic nitrogens is 1. The second kappa shape index (κ2) is 6.28. The number of nitrogens with one attached hydrogen (secondary N) is 1. The molecule has 4 heterocycles. The minimum absolute atomic E-state index is 0.0459. The summed E-state index contributed by atoms with van der Waals surface area (Å²) in [5.74, 6) is 1.18. The highest BCUT2D eigenvalue weighted by Gasteiger charge is 2.40. The molecule has 3 saturated heterocycles. The number of carbonyl (C=O) groups excluding carboxylic acids is 1. The molecule has 0 spiro atoms. The number of piperidine rings is 3. The zero-order valence-electron chi connectivity index (χ0n) is 13.6. The Labute approximate surface area is 140 Å². The molecule has 3 aliphatic rings. The third-order valence-corrected chi connectivity index (χ3v) is 5.12. The maximum Gasteiger partial charge on any atom is 0.311 e. The van der Waals surface area contributed by atoms with Crippen molar-refractivity contribution in [3.8, 4) is 11.7 Å². The number of fused-ring (bicyclic) bond motifs is 3. The number of hydrogen-bond donors (Lipinski definition) is 1. The van der Waals surface area contributed by atoms with Gasteiger partial charge in [-0.3, -0.25) is 9.69 Å². The maximum absolute atomic E-state index is 12.5. The van der Waals surface area contributed by atoms with Crippen molar-refractivity contribution in [1.29, 1.82) is 0 Å². The van der Waals surface area contributed by atoms with E-state index in [4.69, 9.17) is 9.15 Å². The molecule has 6 heteroatoms. The Morgan fingerprint density at radius 2 is 2.04 bits per heavy atom. The third-order valence-electron chi connectivity index (χ3n) is 5.12. The first-order valence-corrected chi connectivity index (χ1v) is 8.44. The second-order valence-corrected chi connectivity index (χ2v) is 6.51. The Morgan fingerprint density at radius 3 is 2.75 bits per heavy atom. The van der Waals surface area contributed by atoms with E-state index in [0.29, 0.717) is 17.7 Å². The quantitative estimate of drug-likeness (QED) is 0.935. The van der Waals surface area contributed by atoms with Crippen LogP contribution in [-0.4, -0.2) is 41.0 Å². The van der Waals surface area contributed by atoms with Crippen LogP contribution in [0.25, 0.3) is 0 Å². The molecule has 1 aromatic heterocycles. The molecule has 1 aromatic carbocycles. The average molecular weight is 327 g/mol. The standard InChI is InChI=1S/C18H21N3O3/c1-12-16(13-7-9-21(12)10-8-13)20-17(22)18-19-11-15(24-18)23-14-5-3-2-4-6-14/h2-6,11-13,16H,7-10H2,1H3,(H,20,22)/t12-,16-/m0/s1. The minimum atomic E-state index is -0.275. The van der Waals surface area contributed by atoms with Crippen molar-refractivity contribution >= 4 is 5.91 Å². The van der Waals surface area contributed by atoms with Crippen LogP contribution in [0, 0.1) is 5.92 Å². The molecule has 1 amide bonds. The number of carbonyl (C=O) groups is 1. The lowest BCUT2D eigenvalue weighted by molar-refractivity contribution is 0.0209. The molecule has 1 N–H and O–H groups in total. The first-order chi connectivity index (χ1) is 11.7. The summed E-state index contributed by atoms with van der Waals surface area (Å²) in [6.45, 7) is 4.44. The number of rotatable bonds is 4. The van der Waals surface area contributed by atoms with Gasteiger partial charge in [-0.2, -0.15) is 0 Å². The summed E-state index contributed by atoms with van der Waals surface area (Å²) >= 11 is 0. The maximum atomic E-state index is 12.5. The summed E-state index contributed by atoms with van der Waals surface area (Å²) in [7, 11) is 0. The van der Waals surface area contributed by atoms with E-state index < -0.39 is 0 Å². The van der Waals surface area contributed by atoms with Gasteiger partial charge in [0.25, 0.3) is 5.89 Å². The Morgan fingerprint density at radius 1 is 1.29 bits per heavy atom. The van der Waals surface area contributed by atoms with Crippen LogP contribution in [-0.2, 0) is 0 Å². The van der Waals surface area contributed by atoms with Gasteiger partial charge >= 0.3 is 11.9 Å². The van der Waals surface area contributed by atoms with Crippen LogP contribution in [0.4, 0.5) is 0 Å². The zero-order chi connectivity index (χ0) is 16.5. The summed E-state index contributed by atoms with van der Waals surface area (Å²) in [4.78, 5) is 18.9. The van der Waals surface area contributed by atoms with Gasteiger partial charge < -0.3 is 14.5 Å². The van der Waals surface area contributed by atoms with E-state index >= 15 is 0 Å². The van der Waals surface area contributed by atoms with Crippen molar-refractivity contribution in [2.75, 3.05) is 13.1 Å². The van der Waals surface area contributed by atoms with Crippen LogP contribution in [0.5, 0.6) is 11.7 Å². The van der Waals surface area contributed by atoms with Crippen LogP contribution >= 0.6 is 0 Å². The van der Waals surface area contributed by atoms with Crippen molar-refractivity contribution in [3.63, 3.8) is 0 Å². The third kappa shape index (κ3) is 2.89. The van der Waals surface area contributed by atoms with Crippen molar-refractivity contribution in [2.24, 2.45) is 5.92 Å². The topological polar surface area (TPSA) is 67.6 Å². The lowest BCUT2D eigenvalue weighted by Crippen LogP contribution is -2.62. The van der Waals surface area contributed by atoms with E-state index in [2.05, 4.69) is 22.1 Å². The number of oxazole rings is 1. The molecule has 24 heavy (non-hydrogen) atoms. The average Bonchev–Trinajstić information content (AvgIpc) is 3.08. The fraction of sp³-hybridized carbons (Fsp3) is 0.444. The smallest absolute Gasteiger partial charge is 0.311 e. The largest absolute Gasteiger partial charge is 0.425 e. The van der Waals surface area contributed by atoms with E-state index in [-0.39, 0.29) is 23.8 Å². The molecule has 0 aliphatic carbocycles. The fourth-order valence-corrected chi connectivity index (χ4v) is 3.77. The van der Waals surface area contributed by atoms with Crippen molar-refractivity contribution < 1.29 is 13.9 Å². The molecule has 2 aromatic rings. The van der Waals surface area contributed by atoms with Crippen molar-refractivity contribution in [1.82, 2.24) is 15.2 Å². The SMILES string of the molecule is C[C@H]1[C@H](NC(=O)c2ncc(Oc3ccccc3)o2)C2CCN1CC2. The lowest BCUT2D eigenvalue weighted by Gasteiger charge is -2.49. The Kier molecular flexibility index (Phi) is 3.98. The highest BCUT2D eigenvalue weighted by Crippen LogP contribution is 2.32. The van der Waals surface area contributed by atoms with Crippen molar-refractivity contribution in [3.05, 3.63) is 42.4 Å². The van der Waals surface area contributed by atoms with Crippen LogP contribution in [0.3, 0.4) is 0 Å². The highest BCUT2D eigenvalue weighted by atomic mass is 16.6. The van der Waals surface area contributed by atoms with Gasteiger partial charge in [-0.1, -0.05) is 18.2 Å². The molecule has 5 rings (SSSR count). The summed E-state index contributed by atoms with van der Waals surface area (Å²) in [6.07, 6.45) is 3.72. The molecule has 0 radical (unpaired) electrons. The molecule has 0 saturated carbocycles.